The second kappa shape index (κ2) is 11.5. The van der Waals surface area contributed by atoms with E-state index in [1.54, 1.807) is 0 Å². The minimum absolute atomic E-state index is 0.0593. The normalized spacial score (nSPS) is 16.0. The minimum atomic E-state index is 0.0593. The van der Waals surface area contributed by atoms with Gasteiger partial charge in [-0.25, -0.2) is 4.79 Å². The Morgan fingerprint density at radius 1 is 1.06 bits per heavy atom. The lowest BCUT2D eigenvalue weighted by Crippen LogP contribution is -2.39. The Hall–Kier alpha value is -1.37. The van der Waals surface area contributed by atoms with Crippen LogP contribution in [0.15, 0.2) is 45.3 Å². The van der Waals surface area contributed by atoms with Crippen molar-refractivity contribution in [3.8, 4) is 0 Å². The summed E-state index contributed by atoms with van der Waals surface area (Å²) in [7, 11) is 0. The van der Waals surface area contributed by atoms with Crippen LogP contribution in [0.2, 0.25) is 0 Å². The minimum Gasteiger partial charge on any atom is -0.334 e. The Morgan fingerprint density at radius 2 is 1.61 bits per heavy atom. The number of hydrogen-bond acceptors (Lipinski definition) is 2. The van der Waals surface area contributed by atoms with Crippen LogP contribution in [0, 0.1) is 25.2 Å². The molecule has 6 heteroatoms. The van der Waals surface area contributed by atoms with Crippen molar-refractivity contribution in [1.29, 1.82) is 0 Å². The van der Waals surface area contributed by atoms with Crippen LogP contribution in [0.3, 0.4) is 0 Å². The summed E-state index contributed by atoms with van der Waals surface area (Å²) in [4.78, 5) is 14.2. The molecule has 3 N–H and O–H groups in total. The third-order valence-electron chi connectivity index (χ3n) is 5.96. The van der Waals surface area contributed by atoms with Crippen LogP contribution in [0.5, 0.6) is 0 Å². The highest BCUT2D eigenvalue weighted by atomic mass is 79.9. The first-order valence-corrected chi connectivity index (χ1v) is 12.3. The van der Waals surface area contributed by atoms with E-state index in [4.69, 9.17) is 5.73 Å². The number of aryl methyl sites for hydroxylation is 2. The molecule has 1 atom stereocenters. The second-order valence-corrected chi connectivity index (χ2v) is 11.1. The van der Waals surface area contributed by atoms with Gasteiger partial charge in [-0.05, 0) is 78.1 Å². The maximum Gasteiger partial charge on any atom is 0.317 e. The van der Waals surface area contributed by atoms with Gasteiger partial charge in [0.1, 0.15) is 0 Å². The molecule has 1 fully saturated rings. The summed E-state index contributed by atoms with van der Waals surface area (Å²) in [6, 6.07) is 12.3. The number of nitrogens with zero attached hydrogens (tertiary/aromatic N) is 1. The molecule has 0 aromatic heterocycles. The first kappa shape index (κ1) is 25.9. The molecule has 0 radical (unpaired) electrons. The molecule has 170 valence electrons. The number of carbonyl (C=O) groups is 1. The van der Waals surface area contributed by atoms with Gasteiger partial charge in [-0.2, -0.15) is 0 Å². The molecule has 1 aliphatic rings. The summed E-state index contributed by atoms with van der Waals surface area (Å²) in [5, 5.41) is 3.04. The van der Waals surface area contributed by atoms with Crippen LogP contribution >= 0.6 is 31.9 Å². The van der Waals surface area contributed by atoms with Crippen molar-refractivity contribution in [1.82, 2.24) is 10.2 Å². The maximum atomic E-state index is 12.3. The molecule has 31 heavy (non-hydrogen) atoms. The van der Waals surface area contributed by atoms with E-state index in [1.807, 2.05) is 23.1 Å². The zero-order valence-corrected chi connectivity index (χ0v) is 22.4. The van der Waals surface area contributed by atoms with Gasteiger partial charge in [0.05, 0.1) is 0 Å². The van der Waals surface area contributed by atoms with E-state index in [-0.39, 0.29) is 11.4 Å². The molecule has 0 saturated carbocycles. The lowest BCUT2D eigenvalue weighted by Gasteiger charge is -2.27. The first-order chi connectivity index (χ1) is 14.5. The molecule has 2 aromatic carbocycles. The van der Waals surface area contributed by atoms with Crippen LogP contribution in [-0.4, -0.2) is 24.0 Å². The summed E-state index contributed by atoms with van der Waals surface area (Å²) in [5.74, 6) is 0.595. The summed E-state index contributed by atoms with van der Waals surface area (Å²) in [5.41, 5.74) is 10.6. The Balaban J connectivity index is 0.000000285. The van der Waals surface area contributed by atoms with Crippen molar-refractivity contribution in [2.24, 2.45) is 17.1 Å². The van der Waals surface area contributed by atoms with Gasteiger partial charge in [0, 0.05) is 35.1 Å². The highest BCUT2D eigenvalue weighted by molar-refractivity contribution is 9.10. The number of nitrogens with one attached hydrogen (secondary N) is 1. The topological polar surface area (TPSA) is 58.4 Å². The van der Waals surface area contributed by atoms with E-state index >= 15 is 0 Å². The first-order valence-electron chi connectivity index (χ1n) is 10.7. The molecule has 1 saturated heterocycles. The number of rotatable bonds is 3. The lowest BCUT2D eigenvalue weighted by atomic mass is 9.80. The number of halogens is 2. The van der Waals surface area contributed by atoms with Crippen molar-refractivity contribution in [2.75, 3.05) is 13.1 Å². The lowest BCUT2D eigenvalue weighted by molar-refractivity contribution is 0.196. The average molecular weight is 553 g/mol. The number of urea groups is 1. The zero-order chi connectivity index (χ0) is 23.2. The highest BCUT2D eigenvalue weighted by Crippen LogP contribution is 2.33. The molecule has 3 rings (SSSR count). The van der Waals surface area contributed by atoms with E-state index in [9.17, 15) is 4.79 Å². The smallest absolute Gasteiger partial charge is 0.317 e. The number of nitrogens with two attached hydrogens (primary N) is 1. The van der Waals surface area contributed by atoms with Crippen LogP contribution in [-0.2, 0) is 13.1 Å². The number of likely N-dealkylation sites (tertiary alicyclic amines) is 1. The van der Waals surface area contributed by atoms with Gasteiger partial charge in [-0.1, -0.05) is 64.8 Å². The molecule has 1 aliphatic heterocycles. The van der Waals surface area contributed by atoms with Gasteiger partial charge in [-0.15, -0.1) is 0 Å². The largest absolute Gasteiger partial charge is 0.334 e. The molecule has 2 aromatic rings. The molecule has 4 nitrogen and oxygen atoms in total. The van der Waals surface area contributed by atoms with Gasteiger partial charge in [0.15, 0.2) is 0 Å². The average Bonchev–Trinajstić information content (AvgIpc) is 3.19. The molecule has 1 unspecified atom stereocenters. The Labute approximate surface area is 204 Å². The van der Waals surface area contributed by atoms with Crippen molar-refractivity contribution in [3.05, 3.63) is 67.6 Å². The van der Waals surface area contributed by atoms with Crippen LogP contribution in [0.4, 0.5) is 4.79 Å². The summed E-state index contributed by atoms with van der Waals surface area (Å²) < 4.78 is 2.19. The third kappa shape index (κ3) is 7.92. The molecular weight excluding hydrogens is 518 g/mol. The van der Waals surface area contributed by atoms with E-state index in [0.29, 0.717) is 19.0 Å². The molecule has 0 bridgehead atoms. The number of carbonyl (C=O) groups excluding carboxylic acids is 1. The summed E-state index contributed by atoms with van der Waals surface area (Å²) >= 11 is 6.84. The fraction of sp³-hybridized carbons (Fsp3) is 0.480. The van der Waals surface area contributed by atoms with Crippen molar-refractivity contribution >= 4 is 37.9 Å². The van der Waals surface area contributed by atoms with Crippen LogP contribution in [0.25, 0.3) is 0 Å². The van der Waals surface area contributed by atoms with Gasteiger partial charge in [0.25, 0.3) is 0 Å². The second-order valence-electron chi connectivity index (χ2n) is 9.30. The zero-order valence-electron chi connectivity index (χ0n) is 19.3. The Kier molecular flexibility index (Phi) is 9.59. The number of amides is 2. The predicted octanol–water partition coefficient (Wildman–Crippen LogP) is 6.55. The van der Waals surface area contributed by atoms with Gasteiger partial charge in [0.2, 0.25) is 0 Å². The molecule has 2 amide bonds. The molecular formula is C25H35Br2N3O. The summed E-state index contributed by atoms with van der Waals surface area (Å²) in [6.45, 7) is 13.8. The third-order valence-corrected chi connectivity index (χ3v) is 6.95. The van der Waals surface area contributed by atoms with Crippen molar-refractivity contribution in [2.45, 2.75) is 54.1 Å². The van der Waals surface area contributed by atoms with E-state index in [0.717, 1.165) is 34.0 Å². The van der Waals surface area contributed by atoms with Crippen LogP contribution in [0.1, 0.15) is 49.4 Å². The van der Waals surface area contributed by atoms with Crippen molar-refractivity contribution in [3.63, 3.8) is 0 Å². The standard InChI is InChI=1S/C17H25BrN2O.C8H10BrN/c1-12-9-15(18)6-5-13(12)10-19-16(21)20-8-7-14(11-20)17(2,3)4;1-6-4-8(9)3-2-7(6)5-10/h5-6,9,14H,7-8,10-11H2,1-4H3,(H,19,21);2-4H,5,10H2,1H3. The molecule has 1 heterocycles. The number of benzene rings is 2. The summed E-state index contributed by atoms with van der Waals surface area (Å²) in [6.07, 6.45) is 1.11. The fourth-order valence-corrected chi connectivity index (χ4v) is 4.63. The van der Waals surface area contributed by atoms with E-state index in [2.05, 4.69) is 90.0 Å². The molecule has 0 spiro atoms. The van der Waals surface area contributed by atoms with Gasteiger partial charge < -0.3 is 16.0 Å². The predicted molar refractivity (Wildman–Crippen MR) is 137 cm³/mol. The number of hydrogen-bond donors (Lipinski definition) is 2. The quantitative estimate of drug-likeness (QED) is 0.453. The molecule has 0 aliphatic carbocycles. The van der Waals surface area contributed by atoms with Gasteiger partial charge in [-0.3, -0.25) is 0 Å². The Morgan fingerprint density at radius 3 is 2.06 bits per heavy atom. The van der Waals surface area contributed by atoms with E-state index < -0.39 is 0 Å². The van der Waals surface area contributed by atoms with Crippen LogP contribution < -0.4 is 11.1 Å². The maximum absolute atomic E-state index is 12.3. The van der Waals surface area contributed by atoms with Gasteiger partial charge >= 0.3 is 6.03 Å². The van der Waals surface area contributed by atoms with E-state index in [1.165, 1.54) is 16.7 Å². The Bertz CT molecular complexity index is 893. The monoisotopic (exact) mass is 551 g/mol. The SMILES string of the molecule is Cc1cc(Br)ccc1CN.Cc1cc(Br)ccc1CNC(=O)N1CCC(C(C)(C)C)C1. The highest BCUT2D eigenvalue weighted by Gasteiger charge is 2.33. The fourth-order valence-electron chi connectivity index (χ4n) is 3.68. The van der Waals surface area contributed by atoms with Crippen molar-refractivity contribution < 1.29 is 4.79 Å².